The normalized spacial score (nSPS) is 17.8. The minimum absolute atomic E-state index is 0.217. The lowest BCUT2D eigenvalue weighted by atomic mass is 10.1. The van der Waals surface area contributed by atoms with Gasteiger partial charge in [-0.1, -0.05) is 27.7 Å². The quantitative estimate of drug-likeness (QED) is 0.757. The van der Waals surface area contributed by atoms with Crippen LogP contribution < -0.4 is 25.4 Å². The molecule has 28 heavy (non-hydrogen) atoms. The molecule has 2 aliphatic rings. The summed E-state index contributed by atoms with van der Waals surface area (Å²) in [5, 5.41) is 11.1. The second-order valence-electron chi connectivity index (χ2n) is 6.03. The van der Waals surface area contributed by atoms with Crippen LogP contribution in [0, 0.1) is 0 Å². The highest BCUT2D eigenvalue weighted by Gasteiger charge is 2.35. The first kappa shape index (κ1) is 18.8. The van der Waals surface area contributed by atoms with Crippen molar-refractivity contribution >= 4 is 44.5 Å². The third-order valence-electron chi connectivity index (χ3n) is 4.48. The lowest BCUT2D eigenvalue weighted by Crippen LogP contribution is -2.50. The fraction of sp³-hybridized carbons (Fsp3) is 0.211. The van der Waals surface area contributed by atoms with Gasteiger partial charge in [0.15, 0.2) is 11.3 Å². The molecule has 1 unspecified atom stereocenters. The smallest absolute Gasteiger partial charge is 0.276 e. The molecule has 0 fully saturated rings. The number of carbonyl (C=O) groups excluding carboxylic acids is 1. The van der Waals surface area contributed by atoms with E-state index in [1.807, 2.05) is 36.6 Å². The summed E-state index contributed by atoms with van der Waals surface area (Å²) in [5.74, 6) is 1.07. The van der Waals surface area contributed by atoms with Crippen molar-refractivity contribution < 1.29 is 14.3 Å². The average molecular weight is 461 g/mol. The van der Waals surface area contributed by atoms with Gasteiger partial charge in [-0.2, -0.15) is 0 Å². The van der Waals surface area contributed by atoms with Crippen molar-refractivity contribution in [1.29, 1.82) is 0 Å². The van der Waals surface area contributed by atoms with Crippen LogP contribution >= 0.6 is 27.7 Å². The Labute approximate surface area is 174 Å². The fourth-order valence-electron chi connectivity index (χ4n) is 3.18. The Morgan fingerprint density at radius 2 is 2.00 bits per heavy atom. The van der Waals surface area contributed by atoms with Gasteiger partial charge in [0.1, 0.15) is 17.2 Å². The van der Waals surface area contributed by atoms with Crippen molar-refractivity contribution in [1.82, 2.24) is 10.3 Å². The average Bonchev–Trinajstić information content (AvgIpc) is 2.72. The van der Waals surface area contributed by atoms with Gasteiger partial charge in [0.25, 0.3) is 5.91 Å². The summed E-state index contributed by atoms with van der Waals surface area (Å²) in [6.07, 6.45) is 1.32. The summed E-state index contributed by atoms with van der Waals surface area (Å²) in [7, 11) is 3.19. The second kappa shape index (κ2) is 7.48. The van der Waals surface area contributed by atoms with Crippen molar-refractivity contribution in [2.24, 2.45) is 10.1 Å². The molecule has 0 saturated heterocycles. The zero-order chi connectivity index (χ0) is 19.8. The van der Waals surface area contributed by atoms with Gasteiger partial charge < -0.3 is 9.47 Å². The minimum Gasteiger partial charge on any atom is -0.497 e. The summed E-state index contributed by atoms with van der Waals surface area (Å²) in [6.45, 7) is 0. The highest BCUT2D eigenvalue weighted by atomic mass is 79.9. The lowest BCUT2D eigenvalue weighted by Gasteiger charge is -2.34. The Hall–Kier alpha value is -2.52. The first-order valence-electron chi connectivity index (χ1n) is 8.38. The van der Waals surface area contributed by atoms with Crippen LogP contribution in [0.2, 0.25) is 0 Å². The van der Waals surface area contributed by atoms with Crippen LogP contribution in [0.3, 0.4) is 0 Å². The Kier molecular flexibility index (Phi) is 5.03. The Morgan fingerprint density at radius 3 is 2.71 bits per heavy atom. The SMILES string of the molecule is COc1ccc(C2N=c3ccc(Br)cc3=C3C(=O)NC(SC)=NN32)c(OC)c1. The van der Waals surface area contributed by atoms with E-state index < -0.39 is 6.17 Å². The molecule has 4 rings (SSSR count). The molecule has 2 aromatic rings. The second-order valence-corrected chi connectivity index (χ2v) is 7.74. The van der Waals surface area contributed by atoms with E-state index in [0.29, 0.717) is 22.4 Å². The van der Waals surface area contributed by atoms with Crippen LogP contribution in [-0.4, -0.2) is 36.6 Å². The number of methoxy groups -OCH3 is 2. The van der Waals surface area contributed by atoms with E-state index >= 15 is 0 Å². The van der Waals surface area contributed by atoms with Crippen LogP contribution in [0.1, 0.15) is 11.7 Å². The first-order chi connectivity index (χ1) is 13.5. The monoisotopic (exact) mass is 460 g/mol. The zero-order valence-electron chi connectivity index (χ0n) is 15.4. The van der Waals surface area contributed by atoms with Crippen molar-refractivity contribution in [3.8, 4) is 11.5 Å². The van der Waals surface area contributed by atoms with Gasteiger partial charge in [0.2, 0.25) is 0 Å². The number of benzene rings is 2. The first-order valence-corrected chi connectivity index (χ1v) is 10.4. The molecule has 2 aromatic carbocycles. The van der Waals surface area contributed by atoms with E-state index in [2.05, 4.69) is 26.3 Å². The predicted molar refractivity (Wildman–Crippen MR) is 112 cm³/mol. The molecule has 2 heterocycles. The summed E-state index contributed by atoms with van der Waals surface area (Å²) < 4.78 is 11.7. The molecule has 0 spiro atoms. The zero-order valence-corrected chi connectivity index (χ0v) is 17.8. The molecule has 1 N–H and O–H groups in total. The molecule has 7 nitrogen and oxygen atoms in total. The van der Waals surface area contributed by atoms with Gasteiger partial charge in [-0.05, 0) is 36.6 Å². The summed E-state index contributed by atoms with van der Waals surface area (Å²) >= 11 is 4.84. The maximum Gasteiger partial charge on any atom is 0.276 e. The lowest BCUT2D eigenvalue weighted by molar-refractivity contribution is -0.116. The number of thioether (sulfide) groups is 1. The predicted octanol–water partition coefficient (Wildman–Crippen LogP) is 1.97. The Morgan fingerprint density at radius 1 is 1.18 bits per heavy atom. The van der Waals surface area contributed by atoms with Crippen molar-refractivity contribution in [3.05, 3.63) is 57.0 Å². The molecule has 1 amide bonds. The molecule has 1 atom stereocenters. The number of hydrazone groups is 1. The van der Waals surface area contributed by atoms with Gasteiger partial charge in [0.05, 0.1) is 19.6 Å². The van der Waals surface area contributed by atoms with Crippen LogP contribution in [0.15, 0.2) is 51.0 Å². The number of ether oxygens (including phenoxy) is 2. The third kappa shape index (κ3) is 3.14. The molecule has 0 radical (unpaired) electrons. The van der Waals surface area contributed by atoms with Gasteiger partial charge in [-0.3, -0.25) is 15.1 Å². The van der Waals surface area contributed by atoms with Crippen LogP contribution in [0.4, 0.5) is 0 Å². The number of nitrogens with zero attached hydrogens (tertiary/aromatic N) is 3. The molecule has 0 aliphatic carbocycles. The van der Waals surface area contributed by atoms with Crippen molar-refractivity contribution in [2.75, 3.05) is 20.5 Å². The standard InChI is InChI=1S/C19H17BrN4O3S/c1-26-11-5-6-12(15(9-11)27-2)17-21-14-7-4-10(20)8-13(14)16-18(25)22-19(28-3)23-24(16)17/h4-9,17H,1-3H3,(H,22,23,25). The minimum atomic E-state index is -0.544. The number of nitrogens with one attached hydrogen (secondary N) is 1. The third-order valence-corrected chi connectivity index (χ3v) is 5.55. The van der Waals surface area contributed by atoms with Crippen molar-refractivity contribution in [2.45, 2.75) is 6.17 Å². The highest BCUT2D eigenvalue weighted by molar-refractivity contribution is 9.10. The van der Waals surface area contributed by atoms with Crippen LogP contribution in [0.25, 0.3) is 5.70 Å². The van der Waals surface area contributed by atoms with E-state index in [1.165, 1.54) is 11.8 Å². The van der Waals surface area contributed by atoms with E-state index in [1.54, 1.807) is 25.3 Å². The molecule has 0 saturated carbocycles. The maximum atomic E-state index is 12.9. The van der Waals surface area contributed by atoms with Crippen LogP contribution in [0.5, 0.6) is 11.5 Å². The van der Waals surface area contributed by atoms with E-state index in [-0.39, 0.29) is 5.91 Å². The number of amidine groups is 1. The molecule has 0 aromatic heterocycles. The summed E-state index contributed by atoms with van der Waals surface area (Å²) in [5.41, 5.74) is 1.24. The number of fused-ring (bicyclic) bond motifs is 2. The highest BCUT2D eigenvalue weighted by Crippen LogP contribution is 2.37. The fourth-order valence-corrected chi connectivity index (χ4v) is 3.90. The Balaban J connectivity index is 1.99. The molecule has 144 valence electrons. The molecule has 2 aliphatic heterocycles. The molecular formula is C19H17BrN4O3S. The largest absolute Gasteiger partial charge is 0.497 e. The van der Waals surface area contributed by atoms with Gasteiger partial charge >= 0.3 is 0 Å². The van der Waals surface area contributed by atoms with Gasteiger partial charge in [-0.15, -0.1) is 5.10 Å². The molecule has 0 bridgehead atoms. The summed E-state index contributed by atoms with van der Waals surface area (Å²) in [4.78, 5) is 17.8. The molecular weight excluding hydrogens is 444 g/mol. The van der Waals surface area contributed by atoms with E-state index in [9.17, 15) is 4.79 Å². The number of carbonyl (C=O) groups is 1. The van der Waals surface area contributed by atoms with E-state index in [0.717, 1.165) is 20.6 Å². The number of amides is 1. The number of halogens is 1. The van der Waals surface area contributed by atoms with Crippen LogP contribution in [-0.2, 0) is 4.79 Å². The Bertz CT molecular complexity index is 1120. The summed E-state index contributed by atoms with van der Waals surface area (Å²) in [6, 6.07) is 11.2. The topological polar surface area (TPSA) is 75.5 Å². The molecule has 9 heteroatoms. The van der Waals surface area contributed by atoms with Gasteiger partial charge in [-0.25, -0.2) is 5.01 Å². The number of hydrogen-bond acceptors (Lipinski definition) is 7. The number of rotatable bonds is 3. The van der Waals surface area contributed by atoms with E-state index in [4.69, 9.17) is 14.5 Å². The van der Waals surface area contributed by atoms with Crippen molar-refractivity contribution in [3.63, 3.8) is 0 Å². The maximum absolute atomic E-state index is 12.9. The van der Waals surface area contributed by atoms with Gasteiger partial charge in [0, 0.05) is 21.3 Å². The number of hydrogen-bond donors (Lipinski definition) is 1.